The van der Waals surface area contributed by atoms with Crippen LogP contribution >= 0.6 is 11.8 Å². The van der Waals surface area contributed by atoms with E-state index in [1.807, 2.05) is 18.7 Å². The van der Waals surface area contributed by atoms with Crippen molar-refractivity contribution in [2.75, 3.05) is 42.6 Å². The Hall–Kier alpha value is -3.05. The van der Waals surface area contributed by atoms with Crippen LogP contribution in [0.3, 0.4) is 0 Å². The summed E-state index contributed by atoms with van der Waals surface area (Å²) < 4.78 is 39.5. The molecule has 5 rings (SSSR count). The van der Waals surface area contributed by atoms with Crippen LogP contribution in [0, 0.1) is 17.6 Å². The fraction of sp³-hybridized carbons (Fsp3) is 0.538. The molecule has 9 nitrogen and oxygen atoms in total. The molecule has 1 aromatic carbocycles. The lowest BCUT2D eigenvalue weighted by atomic mass is 9.85. The molecular formula is C26H32ClF2N7O2. The highest BCUT2D eigenvalue weighted by atomic mass is 35.5. The Morgan fingerprint density at radius 3 is 2.53 bits per heavy atom. The number of hydrogen-bond acceptors (Lipinski definition) is 9. The topological polar surface area (TPSA) is 92.4 Å². The largest absolute Gasteiger partial charge is 0.490 e. The van der Waals surface area contributed by atoms with Gasteiger partial charge in [-0.1, -0.05) is 19.0 Å². The fourth-order valence-corrected chi connectivity index (χ4v) is 5.28. The first-order valence-corrected chi connectivity index (χ1v) is 13.4. The van der Waals surface area contributed by atoms with E-state index < -0.39 is 11.6 Å². The van der Waals surface area contributed by atoms with Gasteiger partial charge >= 0.3 is 6.01 Å². The van der Waals surface area contributed by atoms with Gasteiger partial charge < -0.3 is 19.1 Å². The summed E-state index contributed by atoms with van der Waals surface area (Å²) in [5.74, 6) is 1.38. The molecule has 4 heterocycles. The molecule has 2 fully saturated rings. The number of nitrogens with one attached hydrogen (secondary N) is 1. The minimum absolute atomic E-state index is 0.238. The average molecular weight is 548 g/mol. The molecule has 0 saturated carbocycles. The third-order valence-corrected chi connectivity index (χ3v) is 7.61. The Bertz CT molecular complexity index is 1200. The summed E-state index contributed by atoms with van der Waals surface area (Å²) in [6.07, 6.45) is 5.85. The van der Waals surface area contributed by atoms with Gasteiger partial charge in [0.05, 0.1) is 19.0 Å². The van der Waals surface area contributed by atoms with Gasteiger partial charge in [0.15, 0.2) is 11.6 Å². The van der Waals surface area contributed by atoms with E-state index in [0.29, 0.717) is 55.3 Å². The maximum atomic E-state index is 14.4. The van der Waals surface area contributed by atoms with Gasteiger partial charge in [0.1, 0.15) is 11.6 Å². The number of rotatable bonds is 8. The maximum absolute atomic E-state index is 14.4. The summed E-state index contributed by atoms with van der Waals surface area (Å²) in [6.45, 7) is 7.40. The summed E-state index contributed by atoms with van der Waals surface area (Å²) in [5.41, 5.74) is 0.329. The van der Waals surface area contributed by atoms with Crippen molar-refractivity contribution in [1.29, 1.82) is 0 Å². The number of halogens is 3. The smallest absolute Gasteiger partial charge is 0.324 e. The van der Waals surface area contributed by atoms with Gasteiger partial charge in [0.2, 0.25) is 5.95 Å². The molecular weight excluding hydrogens is 516 g/mol. The average Bonchev–Trinajstić information content (AvgIpc) is 3.44. The van der Waals surface area contributed by atoms with Crippen LogP contribution in [-0.4, -0.2) is 58.9 Å². The van der Waals surface area contributed by atoms with Gasteiger partial charge in [-0.25, -0.2) is 23.6 Å². The van der Waals surface area contributed by atoms with Crippen LogP contribution in [0.25, 0.3) is 0 Å². The van der Waals surface area contributed by atoms with E-state index >= 15 is 0 Å². The molecule has 38 heavy (non-hydrogen) atoms. The van der Waals surface area contributed by atoms with Crippen LogP contribution < -0.4 is 19.4 Å². The van der Waals surface area contributed by atoms with Crippen molar-refractivity contribution in [2.45, 2.75) is 51.0 Å². The summed E-state index contributed by atoms with van der Waals surface area (Å²) in [5, 5.41) is 4.05. The zero-order valence-corrected chi connectivity index (χ0v) is 22.2. The molecule has 0 spiro atoms. The second-order valence-electron chi connectivity index (χ2n) is 10.3. The number of benzene rings is 1. The van der Waals surface area contributed by atoms with Crippen LogP contribution in [0.2, 0.25) is 0 Å². The zero-order chi connectivity index (χ0) is 26.6. The third kappa shape index (κ3) is 5.99. The highest BCUT2D eigenvalue weighted by Crippen LogP contribution is 2.32. The molecule has 0 amide bonds. The summed E-state index contributed by atoms with van der Waals surface area (Å²) >= 11 is 6.00. The van der Waals surface area contributed by atoms with Crippen LogP contribution in [0.1, 0.15) is 56.3 Å². The van der Waals surface area contributed by atoms with Gasteiger partial charge in [-0.05, 0) is 60.7 Å². The highest BCUT2D eigenvalue weighted by Gasteiger charge is 2.33. The molecule has 0 bridgehead atoms. The first-order chi connectivity index (χ1) is 18.4. The molecule has 2 atom stereocenters. The van der Waals surface area contributed by atoms with Crippen molar-refractivity contribution in [3.05, 3.63) is 53.6 Å². The van der Waals surface area contributed by atoms with Crippen molar-refractivity contribution < 1.29 is 18.0 Å². The molecule has 12 heteroatoms. The predicted molar refractivity (Wildman–Crippen MR) is 140 cm³/mol. The van der Waals surface area contributed by atoms with Crippen LogP contribution in [0.5, 0.6) is 5.75 Å². The van der Waals surface area contributed by atoms with Crippen LogP contribution in [0.15, 0.2) is 35.1 Å². The number of anilines is 2. The molecule has 204 valence electrons. The van der Waals surface area contributed by atoms with E-state index in [4.69, 9.17) is 21.0 Å². The minimum Gasteiger partial charge on any atom is -0.490 e. The van der Waals surface area contributed by atoms with Gasteiger partial charge in [0, 0.05) is 44.1 Å². The number of piperidine rings is 2. The number of aromatic nitrogens is 4. The summed E-state index contributed by atoms with van der Waals surface area (Å²) in [4.78, 5) is 20.3. The molecule has 0 unspecified atom stereocenters. The van der Waals surface area contributed by atoms with E-state index in [9.17, 15) is 8.78 Å². The van der Waals surface area contributed by atoms with Crippen molar-refractivity contribution in [1.82, 2.24) is 24.9 Å². The second-order valence-corrected chi connectivity index (χ2v) is 10.5. The summed E-state index contributed by atoms with van der Waals surface area (Å²) in [6, 6.07) is 3.82. The Labute approximate surface area is 225 Å². The van der Waals surface area contributed by atoms with E-state index in [2.05, 4.69) is 29.8 Å². The maximum Gasteiger partial charge on any atom is 0.324 e. The lowest BCUT2D eigenvalue weighted by Gasteiger charge is -2.38. The first-order valence-electron chi connectivity index (χ1n) is 13.0. The Morgan fingerprint density at radius 1 is 1.11 bits per heavy atom. The van der Waals surface area contributed by atoms with E-state index in [-0.39, 0.29) is 17.9 Å². The Kier molecular flexibility index (Phi) is 8.23. The SMILES string of the molecule is CC(C)c1noc(N2CCC(COc3cnc(N4CC[C@H](c5cc(F)ccc5F)[C@@H](NCl)C4)nc3)CC2)n1. The molecule has 0 radical (unpaired) electrons. The molecule has 2 aromatic heterocycles. The molecule has 2 saturated heterocycles. The van der Waals surface area contributed by atoms with Crippen molar-refractivity contribution >= 4 is 23.7 Å². The molecule has 1 N–H and O–H groups in total. The Morgan fingerprint density at radius 2 is 1.84 bits per heavy atom. The van der Waals surface area contributed by atoms with E-state index in [1.54, 1.807) is 12.4 Å². The predicted octanol–water partition coefficient (Wildman–Crippen LogP) is 4.66. The number of hydrogen-bond donors (Lipinski definition) is 1. The van der Waals surface area contributed by atoms with Gasteiger partial charge in [0.25, 0.3) is 0 Å². The van der Waals surface area contributed by atoms with Crippen LogP contribution in [-0.2, 0) is 0 Å². The van der Waals surface area contributed by atoms with E-state index in [1.165, 1.54) is 6.07 Å². The molecule has 3 aromatic rings. The first kappa shape index (κ1) is 26.6. The molecule has 2 aliphatic rings. The Balaban J connectivity index is 1.11. The number of ether oxygens (including phenoxy) is 1. The van der Waals surface area contributed by atoms with Crippen molar-refractivity contribution in [3.63, 3.8) is 0 Å². The lowest BCUT2D eigenvalue weighted by Crippen LogP contribution is -2.48. The van der Waals surface area contributed by atoms with Gasteiger partial charge in [-0.3, -0.25) is 0 Å². The van der Waals surface area contributed by atoms with Crippen molar-refractivity contribution in [3.8, 4) is 5.75 Å². The quantitative estimate of drug-likeness (QED) is 0.404. The highest BCUT2D eigenvalue weighted by molar-refractivity contribution is 6.13. The standard InChI is InChI=1S/C26H32ClF2N7O2/c1-16(2)24-32-26(38-34-24)35-8-5-17(6-9-35)15-37-19-12-30-25(31-13-19)36-10-7-20(23(14-36)33-27)21-11-18(28)3-4-22(21)29/h3-4,11-13,16-17,20,23,33H,5-10,14-15H2,1-2H3/t20-,23+/m1/s1. The molecule has 0 aliphatic carbocycles. The monoisotopic (exact) mass is 547 g/mol. The van der Waals surface area contributed by atoms with Crippen LogP contribution in [0.4, 0.5) is 20.7 Å². The molecule has 2 aliphatic heterocycles. The zero-order valence-electron chi connectivity index (χ0n) is 21.5. The normalized spacial score (nSPS) is 20.8. The fourth-order valence-electron chi connectivity index (χ4n) is 5.06. The van der Waals surface area contributed by atoms with E-state index in [0.717, 1.165) is 43.9 Å². The third-order valence-electron chi connectivity index (χ3n) is 7.33. The van der Waals surface area contributed by atoms with Gasteiger partial charge in [-0.2, -0.15) is 4.98 Å². The minimum atomic E-state index is -0.464. The summed E-state index contributed by atoms with van der Waals surface area (Å²) in [7, 11) is 0. The second kappa shape index (κ2) is 11.8. The lowest BCUT2D eigenvalue weighted by molar-refractivity contribution is 0.219. The number of nitrogens with zero attached hydrogens (tertiary/aromatic N) is 6. The van der Waals surface area contributed by atoms with Crippen molar-refractivity contribution in [2.24, 2.45) is 5.92 Å². The van der Waals surface area contributed by atoms with Gasteiger partial charge in [-0.15, -0.1) is 0 Å².